The Bertz CT molecular complexity index is 319. The van der Waals surface area contributed by atoms with Crippen LogP contribution in [0.25, 0.3) is 0 Å². The quantitative estimate of drug-likeness (QED) is 0.748. The van der Waals surface area contributed by atoms with Gasteiger partial charge in [-0.2, -0.15) is 0 Å². The van der Waals surface area contributed by atoms with Crippen molar-refractivity contribution in [2.24, 2.45) is 5.41 Å². The van der Waals surface area contributed by atoms with Crippen molar-refractivity contribution in [1.82, 2.24) is 10.2 Å². The van der Waals surface area contributed by atoms with E-state index in [4.69, 9.17) is 0 Å². The molecule has 1 saturated carbocycles. The van der Waals surface area contributed by atoms with E-state index < -0.39 is 0 Å². The molecule has 0 unspecified atom stereocenters. The van der Waals surface area contributed by atoms with Gasteiger partial charge in [-0.1, -0.05) is 52.9 Å². The fraction of sp³-hybridized carbons (Fsp3) is 0.938. The van der Waals surface area contributed by atoms with E-state index in [1.165, 1.54) is 38.5 Å². The molecule has 1 spiro atoms. The molecule has 0 aromatic rings. The van der Waals surface area contributed by atoms with E-state index in [2.05, 4.69) is 31.0 Å². The third-order valence-corrected chi connectivity index (χ3v) is 4.84. The van der Waals surface area contributed by atoms with Crippen LogP contribution in [0, 0.1) is 5.41 Å². The maximum atomic E-state index is 12.6. The van der Waals surface area contributed by atoms with Crippen LogP contribution in [0.4, 0.5) is 0 Å². The zero-order valence-electron chi connectivity index (χ0n) is 12.9. The minimum absolute atomic E-state index is 0.181. The normalized spacial score (nSPS) is 22.7. The summed E-state index contributed by atoms with van der Waals surface area (Å²) in [6, 6.07) is 0. The molecule has 0 atom stereocenters. The second kappa shape index (κ2) is 5.82. The molecular weight excluding hydrogens is 236 g/mol. The van der Waals surface area contributed by atoms with Crippen molar-refractivity contribution in [3.8, 4) is 0 Å². The van der Waals surface area contributed by atoms with Crippen molar-refractivity contribution < 1.29 is 4.79 Å². The van der Waals surface area contributed by atoms with Gasteiger partial charge >= 0.3 is 0 Å². The van der Waals surface area contributed by atoms with Gasteiger partial charge in [-0.05, 0) is 24.7 Å². The smallest absolute Gasteiger partial charge is 0.243 e. The average molecular weight is 266 g/mol. The highest BCUT2D eigenvalue weighted by Crippen LogP contribution is 2.36. The van der Waals surface area contributed by atoms with Gasteiger partial charge in [-0.25, -0.2) is 0 Å². The molecule has 1 amide bonds. The Kier molecular flexibility index (Phi) is 4.54. The third-order valence-electron chi connectivity index (χ3n) is 4.84. The molecule has 2 aliphatic rings. The Morgan fingerprint density at radius 2 is 1.95 bits per heavy atom. The largest absolute Gasteiger partial charge is 0.328 e. The first-order valence-electron chi connectivity index (χ1n) is 8.04. The highest BCUT2D eigenvalue weighted by molar-refractivity contribution is 5.88. The SMILES string of the molecule is CCCCCC(C)(C)CN1CNC2(CCCC2)C1=O. The summed E-state index contributed by atoms with van der Waals surface area (Å²) in [7, 11) is 0. The Labute approximate surface area is 118 Å². The van der Waals surface area contributed by atoms with Gasteiger partial charge in [0.25, 0.3) is 0 Å². The van der Waals surface area contributed by atoms with Gasteiger partial charge in [0, 0.05) is 6.54 Å². The van der Waals surface area contributed by atoms with Crippen molar-refractivity contribution in [2.45, 2.75) is 77.7 Å². The van der Waals surface area contributed by atoms with E-state index >= 15 is 0 Å². The molecule has 1 heterocycles. The maximum absolute atomic E-state index is 12.6. The number of carbonyl (C=O) groups is 1. The molecule has 3 nitrogen and oxygen atoms in total. The van der Waals surface area contributed by atoms with Crippen LogP contribution in [-0.4, -0.2) is 29.6 Å². The lowest BCUT2D eigenvalue weighted by Gasteiger charge is -2.31. The Balaban J connectivity index is 1.87. The molecule has 1 aliphatic heterocycles. The number of rotatable bonds is 6. The zero-order chi connectivity index (χ0) is 13.9. The number of unbranched alkanes of at least 4 members (excludes halogenated alkanes) is 2. The van der Waals surface area contributed by atoms with Crippen molar-refractivity contribution in [3.05, 3.63) is 0 Å². The van der Waals surface area contributed by atoms with Crippen LogP contribution in [-0.2, 0) is 4.79 Å². The molecule has 0 radical (unpaired) electrons. The van der Waals surface area contributed by atoms with Gasteiger partial charge in [0.05, 0.1) is 12.2 Å². The molecular formula is C16H30N2O. The molecule has 2 fully saturated rings. The van der Waals surface area contributed by atoms with Gasteiger partial charge in [-0.3, -0.25) is 10.1 Å². The summed E-state index contributed by atoms with van der Waals surface area (Å²) in [6.45, 7) is 8.51. The Morgan fingerprint density at radius 1 is 1.26 bits per heavy atom. The summed E-state index contributed by atoms with van der Waals surface area (Å²) in [6.07, 6.45) is 9.56. The molecule has 19 heavy (non-hydrogen) atoms. The van der Waals surface area contributed by atoms with E-state index in [0.717, 1.165) is 26.1 Å². The lowest BCUT2D eigenvalue weighted by molar-refractivity contribution is -0.133. The number of nitrogens with one attached hydrogen (secondary N) is 1. The summed E-state index contributed by atoms with van der Waals surface area (Å²) >= 11 is 0. The zero-order valence-corrected chi connectivity index (χ0v) is 12.9. The molecule has 0 aromatic heterocycles. The standard InChI is InChI=1S/C16H30N2O/c1-4-5-6-9-15(2,3)12-18-13-17-16(14(18)19)10-7-8-11-16/h17H,4-13H2,1-3H3. The van der Waals surface area contributed by atoms with E-state index in [0.29, 0.717) is 5.91 Å². The summed E-state index contributed by atoms with van der Waals surface area (Å²) in [5.74, 6) is 0.369. The van der Waals surface area contributed by atoms with Crippen LogP contribution >= 0.6 is 0 Å². The first kappa shape index (κ1) is 14.8. The van der Waals surface area contributed by atoms with Crippen LogP contribution in [0.3, 0.4) is 0 Å². The van der Waals surface area contributed by atoms with Crippen LogP contribution in [0.2, 0.25) is 0 Å². The Hall–Kier alpha value is -0.570. The number of hydrogen-bond donors (Lipinski definition) is 1. The van der Waals surface area contributed by atoms with Gasteiger partial charge in [0.2, 0.25) is 5.91 Å². The fourth-order valence-corrected chi connectivity index (χ4v) is 3.64. The fourth-order valence-electron chi connectivity index (χ4n) is 3.64. The van der Waals surface area contributed by atoms with Crippen molar-refractivity contribution in [2.75, 3.05) is 13.2 Å². The number of nitrogens with zero attached hydrogens (tertiary/aromatic N) is 1. The average Bonchev–Trinajstić information content (AvgIpc) is 2.93. The van der Waals surface area contributed by atoms with Gasteiger partial charge in [0.1, 0.15) is 0 Å². The maximum Gasteiger partial charge on any atom is 0.243 e. The predicted molar refractivity (Wildman–Crippen MR) is 78.8 cm³/mol. The van der Waals surface area contributed by atoms with Gasteiger partial charge in [-0.15, -0.1) is 0 Å². The second-order valence-corrected chi connectivity index (χ2v) is 7.25. The number of amides is 1. The molecule has 2 rings (SSSR count). The summed E-state index contributed by atoms with van der Waals surface area (Å²) in [4.78, 5) is 14.7. The van der Waals surface area contributed by atoms with Crippen molar-refractivity contribution in [1.29, 1.82) is 0 Å². The van der Waals surface area contributed by atoms with Crippen molar-refractivity contribution >= 4 is 5.91 Å². The lowest BCUT2D eigenvalue weighted by atomic mass is 9.86. The summed E-state index contributed by atoms with van der Waals surface area (Å²) in [5.41, 5.74) is 0.0656. The predicted octanol–water partition coefficient (Wildman–Crippen LogP) is 3.30. The van der Waals surface area contributed by atoms with Crippen molar-refractivity contribution in [3.63, 3.8) is 0 Å². The summed E-state index contributed by atoms with van der Waals surface area (Å²) < 4.78 is 0. The molecule has 0 bridgehead atoms. The molecule has 3 heteroatoms. The number of hydrogen-bond acceptors (Lipinski definition) is 2. The second-order valence-electron chi connectivity index (χ2n) is 7.25. The minimum atomic E-state index is -0.181. The summed E-state index contributed by atoms with van der Waals surface area (Å²) in [5, 5.41) is 3.50. The third kappa shape index (κ3) is 3.31. The topological polar surface area (TPSA) is 32.3 Å². The van der Waals surface area contributed by atoms with E-state index in [9.17, 15) is 4.79 Å². The van der Waals surface area contributed by atoms with Crippen LogP contribution < -0.4 is 5.32 Å². The minimum Gasteiger partial charge on any atom is -0.328 e. The van der Waals surface area contributed by atoms with Crippen LogP contribution in [0.5, 0.6) is 0 Å². The van der Waals surface area contributed by atoms with Crippen LogP contribution in [0.15, 0.2) is 0 Å². The molecule has 1 saturated heterocycles. The van der Waals surface area contributed by atoms with E-state index in [1.54, 1.807) is 0 Å². The monoisotopic (exact) mass is 266 g/mol. The van der Waals surface area contributed by atoms with E-state index in [-0.39, 0.29) is 11.0 Å². The van der Waals surface area contributed by atoms with Crippen LogP contribution in [0.1, 0.15) is 72.1 Å². The van der Waals surface area contributed by atoms with E-state index in [1.807, 2.05) is 0 Å². The molecule has 110 valence electrons. The van der Waals surface area contributed by atoms with Gasteiger partial charge < -0.3 is 4.90 Å². The Morgan fingerprint density at radius 3 is 2.58 bits per heavy atom. The molecule has 0 aromatic carbocycles. The molecule has 1 aliphatic carbocycles. The first-order valence-corrected chi connectivity index (χ1v) is 8.04. The highest BCUT2D eigenvalue weighted by atomic mass is 16.2. The van der Waals surface area contributed by atoms with Gasteiger partial charge in [0.15, 0.2) is 0 Å². The first-order chi connectivity index (χ1) is 8.99. The number of carbonyl (C=O) groups excluding carboxylic acids is 1. The highest BCUT2D eigenvalue weighted by Gasteiger charge is 2.48. The molecule has 1 N–H and O–H groups in total. The lowest BCUT2D eigenvalue weighted by Crippen LogP contribution is -2.45.